The number of hydrogen-bond donors (Lipinski definition) is 3. The van der Waals surface area contributed by atoms with Gasteiger partial charge in [0, 0.05) is 7.11 Å². The zero-order valence-corrected chi connectivity index (χ0v) is 13.5. The van der Waals surface area contributed by atoms with E-state index in [1.807, 2.05) is 6.92 Å². The van der Waals surface area contributed by atoms with Crippen molar-refractivity contribution in [1.29, 1.82) is 0 Å². The standard InChI is InChI=1S/C14H20O8S/c1-8-3-5-9(6-4-8)23(18,19)22-13-12(17)11(16)10(7-15)21-14(13)20-2/h3-6,10-17H,7H2,1-2H3/t10-,11-,12+,13-,14-/m0/s1. The first-order valence-electron chi connectivity index (χ1n) is 6.95. The van der Waals surface area contributed by atoms with Gasteiger partial charge in [0.2, 0.25) is 0 Å². The lowest BCUT2D eigenvalue weighted by atomic mass is 9.99. The molecule has 3 N–H and O–H groups in total. The highest BCUT2D eigenvalue weighted by molar-refractivity contribution is 7.86. The number of aryl methyl sites for hydroxylation is 1. The van der Waals surface area contributed by atoms with Crippen LogP contribution in [-0.4, -0.2) is 68.2 Å². The van der Waals surface area contributed by atoms with Crippen molar-refractivity contribution < 1.29 is 37.4 Å². The molecule has 1 aliphatic rings. The summed E-state index contributed by atoms with van der Waals surface area (Å²) in [7, 11) is -2.96. The number of aliphatic hydroxyl groups excluding tert-OH is 3. The third-order valence-electron chi connectivity index (χ3n) is 3.60. The molecular weight excluding hydrogens is 328 g/mol. The molecule has 1 aromatic carbocycles. The first-order valence-corrected chi connectivity index (χ1v) is 8.36. The predicted octanol–water partition coefficient (Wildman–Crippen LogP) is -0.846. The van der Waals surface area contributed by atoms with E-state index in [9.17, 15) is 18.6 Å². The van der Waals surface area contributed by atoms with Gasteiger partial charge in [-0.1, -0.05) is 17.7 Å². The number of methoxy groups -OCH3 is 1. The molecular formula is C14H20O8S. The summed E-state index contributed by atoms with van der Waals surface area (Å²) >= 11 is 0. The Kier molecular flexibility index (Phi) is 5.74. The van der Waals surface area contributed by atoms with Gasteiger partial charge in [-0.3, -0.25) is 4.18 Å². The maximum absolute atomic E-state index is 12.3. The van der Waals surface area contributed by atoms with E-state index in [0.29, 0.717) is 0 Å². The molecule has 1 fully saturated rings. The number of ether oxygens (including phenoxy) is 2. The van der Waals surface area contributed by atoms with Crippen molar-refractivity contribution in [3.05, 3.63) is 29.8 Å². The molecule has 1 aliphatic heterocycles. The fourth-order valence-corrected chi connectivity index (χ4v) is 3.33. The van der Waals surface area contributed by atoms with Crippen LogP contribution >= 0.6 is 0 Å². The molecule has 0 radical (unpaired) electrons. The number of aliphatic hydroxyl groups is 3. The summed E-state index contributed by atoms with van der Waals surface area (Å²) in [4.78, 5) is -0.0936. The molecule has 2 rings (SSSR count). The van der Waals surface area contributed by atoms with Crippen molar-refractivity contribution in [2.75, 3.05) is 13.7 Å². The van der Waals surface area contributed by atoms with Crippen LogP contribution in [0.2, 0.25) is 0 Å². The molecule has 0 aliphatic carbocycles. The average molecular weight is 348 g/mol. The van der Waals surface area contributed by atoms with Gasteiger partial charge in [0.05, 0.1) is 11.5 Å². The second-order valence-electron chi connectivity index (χ2n) is 5.27. The number of rotatable bonds is 5. The van der Waals surface area contributed by atoms with E-state index < -0.39 is 47.4 Å². The molecule has 0 saturated carbocycles. The van der Waals surface area contributed by atoms with Gasteiger partial charge in [0.25, 0.3) is 10.1 Å². The second-order valence-corrected chi connectivity index (χ2v) is 6.84. The van der Waals surface area contributed by atoms with E-state index >= 15 is 0 Å². The SMILES string of the molecule is CO[C@H]1O[C@@H](CO)[C@H](O)[C@@H](O)[C@@H]1OS(=O)(=O)c1ccc(C)cc1. The average Bonchev–Trinajstić information content (AvgIpc) is 2.52. The first-order chi connectivity index (χ1) is 10.8. The third-order valence-corrected chi connectivity index (χ3v) is 4.93. The van der Waals surface area contributed by atoms with Gasteiger partial charge in [-0.15, -0.1) is 0 Å². The highest BCUT2D eigenvalue weighted by atomic mass is 32.2. The van der Waals surface area contributed by atoms with Gasteiger partial charge in [-0.05, 0) is 19.1 Å². The van der Waals surface area contributed by atoms with Crippen LogP contribution in [-0.2, 0) is 23.8 Å². The van der Waals surface area contributed by atoms with Gasteiger partial charge in [-0.25, -0.2) is 0 Å². The minimum Gasteiger partial charge on any atom is -0.394 e. The van der Waals surface area contributed by atoms with E-state index in [2.05, 4.69) is 0 Å². The summed E-state index contributed by atoms with van der Waals surface area (Å²) in [6.45, 7) is 1.25. The van der Waals surface area contributed by atoms with E-state index in [-0.39, 0.29) is 4.90 Å². The molecule has 9 heteroatoms. The molecule has 1 aromatic rings. The van der Waals surface area contributed by atoms with Crippen LogP contribution in [0.3, 0.4) is 0 Å². The molecule has 0 amide bonds. The van der Waals surface area contributed by atoms with Crippen LogP contribution < -0.4 is 0 Å². The Balaban J connectivity index is 2.24. The lowest BCUT2D eigenvalue weighted by molar-refractivity contribution is -0.288. The summed E-state index contributed by atoms with van der Waals surface area (Å²) in [6, 6.07) is 5.95. The summed E-state index contributed by atoms with van der Waals surface area (Å²) in [5.41, 5.74) is 0.876. The van der Waals surface area contributed by atoms with E-state index in [1.165, 1.54) is 19.2 Å². The normalized spacial score (nSPS) is 32.0. The quantitative estimate of drug-likeness (QED) is 0.589. The lowest BCUT2D eigenvalue weighted by Crippen LogP contribution is -2.60. The Morgan fingerprint density at radius 1 is 1.17 bits per heavy atom. The van der Waals surface area contributed by atoms with Gasteiger partial charge in [0.15, 0.2) is 12.4 Å². The topological polar surface area (TPSA) is 123 Å². The van der Waals surface area contributed by atoms with Crippen LogP contribution in [0.15, 0.2) is 29.2 Å². The van der Waals surface area contributed by atoms with Gasteiger partial charge >= 0.3 is 0 Å². The minimum atomic E-state index is -4.19. The minimum absolute atomic E-state index is 0.0936. The number of hydrogen-bond acceptors (Lipinski definition) is 8. The van der Waals surface area contributed by atoms with Gasteiger partial charge in [-0.2, -0.15) is 8.42 Å². The molecule has 5 atom stereocenters. The van der Waals surface area contributed by atoms with Crippen molar-refractivity contribution in [1.82, 2.24) is 0 Å². The Hall–Kier alpha value is -1.07. The molecule has 0 bridgehead atoms. The van der Waals surface area contributed by atoms with Gasteiger partial charge < -0.3 is 24.8 Å². The largest absolute Gasteiger partial charge is 0.394 e. The van der Waals surface area contributed by atoms with Crippen LogP contribution in [0.5, 0.6) is 0 Å². The zero-order chi connectivity index (χ0) is 17.2. The molecule has 23 heavy (non-hydrogen) atoms. The zero-order valence-electron chi connectivity index (χ0n) is 12.7. The van der Waals surface area contributed by atoms with Crippen LogP contribution in [0.1, 0.15) is 5.56 Å². The van der Waals surface area contributed by atoms with Crippen LogP contribution in [0, 0.1) is 6.92 Å². The number of benzene rings is 1. The fourth-order valence-electron chi connectivity index (χ4n) is 2.26. The lowest BCUT2D eigenvalue weighted by Gasteiger charge is -2.40. The Labute approximate surface area is 134 Å². The summed E-state index contributed by atoms with van der Waals surface area (Å²) in [5.74, 6) is 0. The smallest absolute Gasteiger partial charge is 0.297 e. The van der Waals surface area contributed by atoms with E-state index in [4.69, 9.17) is 18.8 Å². The predicted molar refractivity (Wildman–Crippen MR) is 78.0 cm³/mol. The highest BCUT2D eigenvalue weighted by Gasteiger charge is 2.47. The van der Waals surface area contributed by atoms with Crippen molar-refractivity contribution in [2.24, 2.45) is 0 Å². The first kappa shape index (κ1) is 18.3. The maximum atomic E-state index is 12.3. The van der Waals surface area contributed by atoms with Crippen molar-refractivity contribution >= 4 is 10.1 Å². The summed E-state index contributed by atoms with van der Waals surface area (Å²) in [5, 5.41) is 29.0. The van der Waals surface area contributed by atoms with Crippen molar-refractivity contribution in [3.63, 3.8) is 0 Å². The Morgan fingerprint density at radius 3 is 2.30 bits per heavy atom. The van der Waals surface area contributed by atoms with E-state index in [1.54, 1.807) is 12.1 Å². The Bertz CT molecular complexity index is 612. The van der Waals surface area contributed by atoms with Crippen LogP contribution in [0.25, 0.3) is 0 Å². The van der Waals surface area contributed by atoms with Crippen molar-refractivity contribution in [2.45, 2.75) is 42.5 Å². The maximum Gasteiger partial charge on any atom is 0.297 e. The highest BCUT2D eigenvalue weighted by Crippen LogP contribution is 2.27. The fraction of sp³-hybridized carbons (Fsp3) is 0.571. The molecule has 8 nitrogen and oxygen atoms in total. The third kappa shape index (κ3) is 3.89. The molecule has 130 valence electrons. The van der Waals surface area contributed by atoms with Crippen LogP contribution in [0.4, 0.5) is 0 Å². The summed E-state index contributed by atoms with van der Waals surface area (Å²) < 4.78 is 39.8. The molecule has 1 heterocycles. The van der Waals surface area contributed by atoms with Gasteiger partial charge in [0.1, 0.15) is 18.3 Å². The Morgan fingerprint density at radius 2 is 1.78 bits per heavy atom. The molecule has 0 unspecified atom stereocenters. The molecule has 0 spiro atoms. The summed E-state index contributed by atoms with van der Waals surface area (Å²) in [6.07, 6.45) is -6.94. The molecule has 0 aromatic heterocycles. The van der Waals surface area contributed by atoms with Crippen molar-refractivity contribution in [3.8, 4) is 0 Å². The monoisotopic (exact) mass is 348 g/mol. The molecule has 1 saturated heterocycles. The van der Waals surface area contributed by atoms with E-state index in [0.717, 1.165) is 5.56 Å². The second kappa shape index (κ2) is 7.22.